The fraction of sp³-hybridized carbons (Fsp3) is 0.625. The summed E-state index contributed by atoms with van der Waals surface area (Å²) >= 11 is 0. The van der Waals surface area contributed by atoms with Crippen LogP contribution in [0.5, 0.6) is 0 Å². The van der Waals surface area contributed by atoms with Gasteiger partial charge >= 0.3 is 6.09 Å². The van der Waals surface area contributed by atoms with Gasteiger partial charge in [-0.15, -0.1) is 0 Å². The number of carbonyl (C=O) groups excluding carboxylic acids is 2. The molecule has 1 atom stereocenters. The minimum absolute atomic E-state index is 0.0266. The van der Waals surface area contributed by atoms with Crippen molar-refractivity contribution in [2.75, 3.05) is 25.0 Å². The van der Waals surface area contributed by atoms with Gasteiger partial charge in [-0.05, 0) is 64.7 Å². The minimum atomic E-state index is -0.509. The second-order valence-electron chi connectivity index (χ2n) is 9.57. The van der Waals surface area contributed by atoms with Gasteiger partial charge in [0.15, 0.2) is 5.96 Å². The standard InChI is InChI=1S/C24H37N5O3/c1-5-25-22(29-13-12-20(16-29)28-23(31)32-24(2,3)4)26-15-17-8-6-11-19(14-17)27-21(30)18-9-7-10-18/h6,8,11,14,18,20H,5,7,9-10,12-13,15-16H2,1-4H3,(H,25,26)(H,27,30)(H,28,31). The Balaban J connectivity index is 1.56. The highest BCUT2D eigenvalue weighted by molar-refractivity contribution is 5.93. The molecule has 1 saturated heterocycles. The summed E-state index contributed by atoms with van der Waals surface area (Å²) in [7, 11) is 0. The smallest absolute Gasteiger partial charge is 0.407 e. The van der Waals surface area contributed by atoms with E-state index < -0.39 is 5.60 Å². The Morgan fingerprint density at radius 1 is 1.22 bits per heavy atom. The predicted octanol–water partition coefficient (Wildman–Crippen LogP) is 3.49. The molecule has 1 aliphatic heterocycles. The van der Waals surface area contributed by atoms with E-state index in [1.165, 1.54) is 0 Å². The normalized spacial score (nSPS) is 19.3. The third kappa shape index (κ3) is 7.14. The van der Waals surface area contributed by atoms with Crippen molar-refractivity contribution >= 4 is 23.6 Å². The maximum absolute atomic E-state index is 12.2. The Bertz CT molecular complexity index is 829. The number of hydrogen-bond donors (Lipinski definition) is 3. The van der Waals surface area contributed by atoms with Gasteiger partial charge in [0, 0.05) is 31.2 Å². The summed E-state index contributed by atoms with van der Waals surface area (Å²) < 4.78 is 5.37. The summed E-state index contributed by atoms with van der Waals surface area (Å²) in [4.78, 5) is 31.3. The third-order valence-corrected chi connectivity index (χ3v) is 5.63. The molecular formula is C24H37N5O3. The minimum Gasteiger partial charge on any atom is -0.444 e. The molecule has 1 heterocycles. The second-order valence-corrected chi connectivity index (χ2v) is 9.57. The first-order chi connectivity index (χ1) is 15.2. The summed E-state index contributed by atoms with van der Waals surface area (Å²) in [6, 6.07) is 7.90. The average Bonchev–Trinajstić information content (AvgIpc) is 3.10. The van der Waals surface area contributed by atoms with Gasteiger partial charge in [-0.3, -0.25) is 4.79 Å². The van der Waals surface area contributed by atoms with E-state index in [0.29, 0.717) is 13.1 Å². The van der Waals surface area contributed by atoms with E-state index in [1.807, 2.05) is 52.0 Å². The molecule has 1 aromatic rings. The van der Waals surface area contributed by atoms with Gasteiger partial charge in [0.25, 0.3) is 0 Å². The molecule has 1 aliphatic carbocycles. The van der Waals surface area contributed by atoms with E-state index in [2.05, 4.69) is 20.9 Å². The topological polar surface area (TPSA) is 95.1 Å². The molecule has 32 heavy (non-hydrogen) atoms. The molecule has 1 aromatic carbocycles. The number of hydrogen-bond acceptors (Lipinski definition) is 4. The summed E-state index contributed by atoms with van der Waals surface area (Å²) in [6.45, 7) is 10.4. The van der Waals surface area contributed by atoms with E-state index in [0.717, 1.165) is 56.0 Å². The lowest BCUT2D eigenvalue weighted by Gasteiger charge is -2.24. The molecule has 2 aliphatic rings. The van der Waals surface area contributed by atoms with E-state index >= 15 is 0 Å². The first-order valence-electron chi connectivity index (χ1n) is 11.7. The molecule has 0 bridgehead atoms. The molecule has 3 rings (SSSR count). The largest absolute Gasteiger partial charge is 0.444 e. The quantitative estimate of drug-likeness (QED) is 0.462. The number of nitrogens with zero attached hydrogens (tertiary/aromatic N) is 2. The monoisotopic (exact) mass is 443 g/mol. The zero-order valence-corrected chi connectivity index (χ0v) is 19.7. The van der Waals surface area contributed by atoms with Crippen LogP contribution in [-0.4, -0.2) is 54.1 Å². The molecule has 0 spiro atoms. The second kappa shape index (κ2) is 10.7. The van der Waals surface area contributed by atoms with Crippen LogP contribution in [0.15, 0.2) is 29.3 Å². The van der Waals surface area contributed by atoms with Crippen LogP contribution in [0.1, 0.15) is 58.9 Å². The highest BCUT2D eigenvalue weighted by Gasteiger charge is 2.28. The SMILES string of the molecule is CCNC(=NCc1cccc(NC(=O)C2CCC2)c1)N1CCC(NC(=O)OC(C)(C)C)C1. The van der Waals surface area contributed by atoms with Crippen LogP contribution in [0.4, 0.5) is 10.5 Å². The number of amides is 2. The maximum atomic E-state index is 12.2. The lowest BCUT2D eigenvalue weighted by molar-refractivity contribution is -0.122. The number of anilines is 1. The van der Waals surface area contributed by atoms with Gasteiger partial charge in [0.1, 0.15) is 5.60 Å². The number of benzene rings is 1. The van der Waals surface area contributed by atoms with E-state index in [4.69, 9.17) is 9.73 Å². The number of rotatable bonds is 6. The van der Waals surface area contributed by atoms with Crippen molar-refractivity contribution in [3.8, 4) is 0 Å². The molecule has 176 valence electrons. The summed E-state index contributed by atoms with van der Waals surface area (Å²) in [5, 5.41) is 9.33. The number of alkyl carbamates (subject to hydrolysis) is 1. The molecule has 8 nitrogen and oxygen atoms in total. The lowest BCUT2D eigenvalue weighted by atomic mass is 9.85. The number of ether oxygens (including phenoxy) is 1. The van der Waals surface area contributed by atoms with Crippen LogP contribution in [0.3, 0.4) is 0 Å². The Morgan fingerprint density at radius 2 is 2.00 bits per heavy atom. The zero-order chi connectivity index (χ0) is 23.1. The van der Waals surface area contributed by atoms with Crippen LogP contribution in [0.2, 0.25) is 0 Å². The van der Waals surface area contributed by atoms with Gasteiger partial charge in [0.05, 0.1) is 12.6 Å². The fourth-order valence-electron chi connectivity index (χ4n) is 3.80. The predicted molar refractivity (Wildman–Crippen MR) is 127 cm³/mol. The molecule has 2 amide bonds. The Labute approximate surface area is 191 Å². The number of aliphatic imine (C=N–C) groups is 1. The molecule has 1 unspecified atom stereocenters. The number of carbonyl (C=O) groups is 2. The highest BCUT2D eigenvalue weighted by Crippen LogP contribution is 2.27. The number of likely N-dealkylation sites (tertiary alicyclic amines) is 1. The molecule has 3 N–H and O–H groups in total. The Kier molecular flexibility index (Phi) is 7.99. The van der Waals surface area contributed by atoms with Crippen LogP contribution >= 0.6 is 0 Å². The number of guanidine groups is 1. The van der Waals surface area contributed by atoms with Gasteiger partial charge in [-0.2, -0.15) is 0 Å². The summed E-state index contributed by atoms with van der Waals surface area (Å²) in [5.74, 6) is 1.10. The third-order valence-electron chi connectivity index (χ3n) is 5.63. The van der Waals surface area contributed by atoms with Crippen molar-refractivity contribution in [1.82, 2.24) is 15.5 Å². The van der Waals surface area contributed by atoms with Crippen LogP contribution in [-0.2, 0) is 16.1 Å². The first-order valence-corrected chi connectivity index (χ1v) is 11.7. The van der Waals surface area contributed by atoms with Gasteiger partial charge in [-0.1, -0.05) is 18.6 Å². The van der Waals surface area contributed by atoms with Crippen LogP contribution in [0.25, 0.3) is 0 Å². The van der Waals surface area contributed by atoms with Crippen molar-refractivity contribution in [2.24, 2.45) is 10.9 Å². The van der Waals surface area contributed by atoms with Crippen molar-refractivity contribution < 1.29 is 14.3 Å². The molecule has 1 saturated carbocycles. The van der Waals surface area contributed by atoms with Crippen molar-refractivity contribution in [1.29, 1.82) is 0 Å². The molecule has 8 heteroatoms. The van der Waals surface area contributed by atoms with Crippen molar-refractivity contribution in [2.45, 2.75) is 71.6 Å². The fourth-order valence-corrected chi connectivity index (χ4v) is 3.80. The average molecular weight is 444 g/mol. The van der Waals surface area contributed by atoms with Gasteiger partial charge in [0.2, 0.25) is 5.91 Å². The number of nitrogens with one attached hydrogen (secondary N) is 3. The molecular weight excluding hydrogens is 406 g/mol. The van der Waals surface area contributed by atoms with Crippen LogP contribution < -0.4 is 16.0 Å². The zero-order valence-electron chi connectivity index (χ0n) is 19.7. The van der Waals surface area contributed by atoms with Crippen LogP contribution in [0, 0.1) is 5.92 Å². The van der Waals surface area contributed by atoms with Gasteiger partial charge in [-0.25, -0.2) is 9.79 Å². The lowest BCUT2D eigenvalue weighted by Crippen LogP contribution is -2.44. The van der Waals surface area contributed by atoms with Gasteiger partial charge < -0.3 is 25.6 Å². The first kappa shape index (κ1) is 23.9. The van der Waals surface area contributed by atoms with E-state index in [-0.39, 0.29) is 24.0 Å². The summed E-state index contributed by atoms with van der Waals surface area (Å²) in [6.07, 6.45) is 3.58. The Morgan fingerprint density at radius 3 is 2.66 bits per heavy atom. The summed E-state index contributed by atoms with van der Waals surface area (Å²) in [5.41, 5.74) is 1.35. The molecule has 0 aromatic heterocycles. The highest BCUT2D eigenvalue weighted by atomic mass is 16.6. The Hall–Kier alpha value is -2.77. The van der Waals surface area contributed by atoms with E-state index in [9.17, 15) is 9.59 Å². The molecule has 2 fully saturated rings. The maximum Gasteiger partial charge on any atom is 0.407 e. The van der Waals surface area contributed by atoms with Crippen molar-refractivity contribution in [3.63, 3.8) is 0 Å². The molecule has 0 radical (unpaired) electrons. The van der Waals surface area contributed by atoms with Crippen molar-refractivity contribution in [3.05, 3.63) is 29.8 Å². The van der Waals surface area contributed by atoms with E-state index in [1.54, 1.807) is 0 Å².